The Morgan fingerprint density at radius 1 is 1.33 bits per heavy atom. The summed E-state index contributed by atoms with van der Waals surface area (Å²) in [4.78, 5) is 25.2. The Morgan fingerprint density at radius 2 is 1.93 bits per heavy atom. The summed E-state index contributed by atoms with van der Waals surface area (Å²) in [6.45, 7) is 2.91. The van der Waals surface area contributed by atoms with Crippen LogP contribution in [0.1, 0.15) is 31.4 Å². The maximum atomic E-state index is 13.7. The van der Waals surface area contributed by atoms with Crippen LogP contribution in [0.15, 0.2) is 24.3 Å². The molecule has 0 unspecified atom stereocenters. The van der Waals surface area contributed by atoms with Crippen LogP contribution < -0.4 is 5.32 Å². The second-order valence-electron chi connectivity index (χ2n) is 7.44. The lowest BCUT2D eigenvalue weighted by molar-refractivity contribution is -0.137. The monoisotopic (exact) mass is 447 g/mol. The number of thioether (sulfide) groups is 1. The number of nitrogens with one attached hydrogen (secondary N) is 1. The molecule has 1 fully saturated rings. The molecule has 0 saturated carbocycles. The molecule has 2 amide bonds. The van der Waals surface area contributed by atoms with Gasteiger partial charge in [-0.15, -0.1) is 11.8 Å². The highest BCUT2D eigenvalue weighted by atomic mass is 32.2. The van der Waals surface area contributed by atoms with Gasteiger partial charge in [-0.3, -0.25) is 4.79 Å². The van der Waals surface area contributed by atoms with Gasteiger partial charge in [-0.25, -0.2) is 9.18 Å². The minimum Gasteiger partial charge on any atom is -0.465 e. The van der Waals surface area contributed by atoms with Gasteiger partial charge in [-0.05, 0) is 31.5 Å². The van der Waals surface area contributed by atoms with Crippen molar-refractivity contribution in [1.29, 1.82) is 5.26 Å². The average Bonchev–Trinajstić information content (AvgIpc) is 3.04. The zero-order chi connectivity index (χ0) is 22.7. The molecule has 1 aliphatic rings. The smallest absolute Gasteiger partial charge is 0.416 e. The number of benzene rings is 1. The topological polar surface area (TPSA) is 93.4 Å². The van der Waals surface area contributed by atoms with Gasteiger partial charge < -0.3 is 15.3 Å². The molecular weight excluding hydrogens is 426 g/mol. The number of carboxylic acid groups (broad SMARTS) is 1. The molecule has 0 spiro atoms. The predicted molar refractivity (Wildman–Crippen MR) is 102 cm³/mol. The van der Waals surface area contributed by atoms with E-state index in [1.165, 1.54) is 12.1 Å². The van der Waals surface area contributed by atoms with Gasteiger partial charge in [-0.1, -0.05) is 12.1 Å². The molecule has 30 heavy (non-hydrogen) atoms. The molecule has 1 saturated heterocycles. The number of alkyl halides is 4. The fourth-order valence-electron chi connectivity index (χ4n) is 3.12. The van der Waals surface area contributed by atoms with Crippen LogP contribution in [-0.2, 0) is 16.7 Å². The first-order chi connectivity index (χ1) is 13.8. The van der Waals surface area contributed by atoms with Gasteiger partial charge in [0.1, 0.15) is 18.3 Å². The number of nitrogens with zero attached hydrogens (tertiary/aromatic N) is 2. The lowest BCUT2D eigenvalue weighted by Crippen LogP contribution is -2.58. The van der Waals surface area contributed by atoms with Crippen molar-refractivity contribution in [2.75, 3.05) is 6.54 Å². The molecule has 1 heterocycles. The van der Waals surface area contributed by atoms with Crippen molar-refractivity contribution < 1.29 is 32.3 Å². The Labute approximate surface area is 175 Å². The van der Waals surface area contributed by atoms with Crippen molar-refractivity contribution in [2.24, 2.45) is 0 Å². The van der Waals surface area contributed by atoms with Crippen molar-refractivity contribution in [2.45, 2.75) is 55.2 Å². The molecule has 3 atom stereocenters. The quantitative estimate of drug-likeness (QED) is 0.647. The first-order valence-corrected chi connectivity index (χ1v) is 9.97. The summed E-state index contributed by atoms with van der Waals surface area (Å²) in [7, 11) is 0. The molecule has 6 nitrogen and oxygen atoms in total. The van der Waals surface area contributed by atoms with E-state index in [9.17, 15) is 27.2 Å². The highest BCUT2D eigenvalue weighted by Gasteiger charge is 2.44. The predicted octanol–water partition coefficient (Wildman–Crippen LogP) is 3.82. The molecule has 2 rings (SSSR count). The Morgan fingerprint density at radius 3 is 2.43 bits per heavy atom. The zero-order valence-corrected chi connectivity index (χ0v) is 17.1. The third-order valence-electron chi connectivity index (χ3n) is 4.78. The van der Waals surface area contributed by atoms with E-state index in [-0.39, 0.29) is 18.7 Å². The standard InChI is InChI=1S/C19H21F4N3O3S/c1-18(2,30-10-11-3-5-12(6-4-11)19(21,22)23)15(25-17(28)29)16(27)26-9-13(20)7-14(26)8-24/h3-6,13-15,25H,7,9-10H2,1-2H3,(H,28,29)/t13-,14-,15+/m0/s1. The van der Waals surface area contributed by atoms with E-state index >= 15 is 0 Å². The molecule has 0 aromatic heterocycles. The van der Waals surface area contributed by atoms with E-state index in [4.69, 9.17) is 10.4 Å². The van der Waals surface area contributed by atoms with Crippen LogP contribution in [0.2, 0.25) is 0 Å². The summed E-state index contributed by atoms with van der Waals surface area (Å²) in [5.41, 5.74) is -0.226. The van der Waals surface area contributed by atoms with Crippen LogP contribution in [0.4, 0.5) is 22.4 Å². The zero-order valence-electron chi connectivity index (χ0n) is 16.2. The minimum atomic E-state index is -4.45. The van der Waals surface area contributed by atoms with E-state index in [0.29, 0.717) is 5.56 Å². The first kappa shape index (κ1) is 23.8. The number of halogens is 4. The number of carbonyl (C=O) groups excluding carboxylic acids is 1. The van der Waals surface area contributed by atoms with Crippen LogP contribution in [0.3, 0.4) is 0 Å². The van der Waals surface area contributed by atoms with Crippen LogP contribution in [0.5, 0.6) is 0 Å². The normalized spacial score (nSPS) is 20.5. The third kappa shape index (κ3) is 5.78. The van der Waals surface area contributed by atoms with Crippen molar-refractivity contribution in [3.63, 3.8) is 0 Å². The van der Waals surface area contributed by atoms with Gasteiger partial charge >= 0.3 is 12.3 Å². The van der Waals surface area contributed by atoms with Crippen LogP contribution in [0.25, 0.3) is 0 Å². The number of hydrogen-bond donors (Lipinski definition) is 2. The second kappa shape index (κ2) is 9.12. The number of amides is 2. The molecule has 0 bridgehead atoms. The van der Waals surface area contributed by atoms with Gasteiger partial charge in [0.2, 0.25) is 5.91 Å². The third-order valence-corrected chi connectivity index (χ3v) is 6.24. The number of likely N-dealkylation sites (tertiary alicyclic amines) is 1. The van der Waals surface area contributed by atoms with Gasteiger partial charge in [0.05, 0.1) is 18.2 Å². The van der Waals surface area contributed by atoms with Crippen LogP contribution in [-0.4, -0.2) is 51.6 Å². The van der Waals surface area contributed by atoms with E-state index < -0.39 is 46.7 Å². The molecule has 1 aromatic carbocycles. The highest BCUT2D eigenvalue weighted by molar-refractivity contribution is 7.99. The fraction of sp³-hybridized carbons (Fsp3) is 0.526. The molecule has 2 N–H and O–H groups in total. The van der Waals surface area contributed by atoms with Crippen LogP contribution >= 0.6 is 11.8 Å². The fourth-order valence-corrected chi connectivity index (χ4v) is 4.17. The molecule has 1 aliphatic heterocycles. The lowest BCUT2D eigenvalue weighted by Gasteiger charge is -2.35. The van der Waals surface area contributed by atoms with Crippen molar-refractivity contribution in [3.05, 3.63) is 35.4 Å². The van der Waals surface area contributed by atoms with Crippen molar-refractivity contribution in [3.8, 4) is 6.07 Å². The largest absolute Gasteiger partial charge is 0.465 e. The SMILES string of the molecule is CC(C)(SCc1ccc(C(F)(F)F)cc1)[C@H](NC(=O)O)C(=O)N1C[C@@H](F)C[C@H]1C#N. The van der Waals surface area contributed by atoms with Gasteiger partial charge in [-0.2, -0.15) is 18.4 Å². The summed E-state index contributed by atoms with van der Waals surface area (Å²) in [6.07, 6.45) is -7.41. The Bertz CT molecular complexity index is 824. The van der Waals surface area contributed by atoms with Crippen LogP contribution in [0, 0.1) is 11.3 Å². The van der Waals surface area contributed by atoms with Crippen molar-refractivity contribution in [1.82, 2.24) is 10.2 Å². The maximum absolute atomic E-state index is 13.7. The van der Waals surface area contributed by atoms with E-state index in [1.807, 2.05) is 6.07 Å². The van der Waals surface area contributed by atoms with Gasteiger partial charge in [0.25, 0.3) is 0 Å². The summed E-state index contributed by atoms with van der Waals surface area (Å²) in [5, 5.41) is 20.5. The molecular formula is C19H21F4N3O3S. The summed E-state index contributed by atoms with van der Waals surface area (Å²) in [6, 6.07) is 4.11. The molecule has 11 heteroatoms. The lowest BCUT2D eigenvalue weighted by atomic mass is 10.0. The Hall–Kier alpha value is -2.48. The number of nitriles is 1. The first-order valence-electron chi connectivity index (χ1n) is 8.99. The van der Waals surface area contributed by atoms with E-state index in [2.05, 4.69) is 5.32 Å². The molecule has 0 aliphatic carbocycles. The van der Waals surface area contributed by atoms with Gasteiger partial charge in [0.15, 0.2) is 0 Å². The van der Waals surface area contributed by atoms with E-state index in [1.54, 1.807) is 13.8 Å². The molecule has 164 valence electrons. The summed E-state index contributed by atoms with van der Waals surface area (Å²) in [5.74, 6) is -0.502. The Balaban J connectivity index is 2.16. The second-order valence-corrected chi connectivity index (χ2v) is 9.07. The minimum absolute atomic E-state index is 0.138. The van der Waals surface area contributed by atoms with Gasteiger partial charge in [0, 0.05) is 16.9 Å². The molecule has 0 radical (unpaired) electrons. The maximum Gasteiger partial charge on any atom is 0.416 e. The van der Waals surface area contributed by atoms with E-state index in [0.717, 1.165) is 28.8 Å². The summed E-state index contributed by atoms with van der Waals surface area (Å²) < 4.78 is 50.7. The Kier molecular flexibility index (Phi) is 7.23. The number of hydrogen-bond acceptors (Lipinski definition) is 4. The number of carbonyl (C=O) groups is 2. The average molecular weight is 447 g/mol. The number of rotatable bonds is 6. The molecule has 1 aromatic rings. The summed E-state index contributed by atoms with van der Waals surface area (Å²) >= 11 is 1.16. The van der Waals surface area contributed by atoms with Crippen molar-refractivity contribution >= 4 is 23.8 Å². The highest BCUT2D eigenvalue weighted by Crippen LogP contribution is 2.35.